The van der Waals surface area contributed by atoms with E-state index < -0.39 is 23.8 Å². The SMILES string of the molecule is NC(=O)CN1CCC(CC(=O)O)CCN(CC(=O)O)CCN(CC(=O)O)CC1. The predicted octanol–water partition coefficient (Wildman–Crippen LogP) is -1.57. The number of hydrogen-bond acceptors (Lipinski definition) is 7. The summed E-state index contributed by atoms with van der Waals surface area (Å²) in [6.07, 6.45) is 0.999. The molecule has 0 bridgehead atoms. The highest BCUT2D eigenvalue weighted by Crippen LogP contribution is 2.16. The summed E-state index contributed by atoms with van der Waals surface area (Å²) in [6, 6.07) is 0. The number of carboxylic acids is 3. The molecule has 1 saturated heterocycles. The molecule has 11 heteroatoms. The van der Waals surface area contributed by atoms with Gasteiger partial charge in [-0.1, -0.05) is 0 Å². The molecule has 0 aromatic carbocycles. The van der Waals surface area contributed by atoms with Crippen LogP contribution < -0.4 is 5.73 Å². The summed E-state index contributed by atoms with van der Waals surface area (Å²) < 4.78 is 0. The summed E-state index contributed by atoms with van der Waals surface area (Å²) in [6.45, 7) is 2.01. The lowest BCUT2D eigenvalue weighted by atomic mass is 9.96. The zero-order valence-corrected chi connectivity index (χ0v) is 16.0. The van der Waals surface area contributed by atoms with Crippen molar-refractivity contribution in [2.24, 2.45) is 11.7 Å². The Bertz CT molecular complexity index is 446. The van der Waals surface area contributed by atoms with E-state index in [0.717, 1.165) is 0 Å². The molecule has 1 fully saturated rings. The van der Waals surface area contributed by atoms with Crippen LogP contribution in [0, 0.1) is 5.92 Å². The summed E-state index contributed by atoms with van der Waals surface area (Å²) in [5, 5.41) is 27.3. The van der Waals surface area contributed by atoms with Crippen LogP contribution in [-0.4, -0.2) is 113 Å². The van der Waals surface area contributed by atoms with Crippen LogP contribution in [0.4, 0.5) is 0 Å². The number of carbonyl (C=O) groups excluding carboxylic acids is 1. The molecule has 1 unspecified atom stereocenters. The second-order valence-corrected chi connectivity index (χ2v) is 7.12. The van der Waals surface area contributed by atoms with E-state index in [1.807, 2.05) is 4.90 Å². The van der Waals surface area contributed by atoms with Gasteiger partial charge in [-0.2, -0.15) is 0 Å². The Labute approximate surface area is 163 Å². The summed E-state index contributed by atoms with van der Waals surface area (Å²) in [5.41, 5.74) is 5.29. The third-order valence-electron chi connectivity index (χ3n) is 4.73. The van der Waals surface area contributed by atoms with Gasteiger partial charge in [0.15, 0.2) is 0 Å². The van der Waals surface area contributed by atoms with Crippen LogP contribution >= 0.6 is 0 Å². The molecule has 1 aliphatic rings. The normalized spacial score (nSPS) is 21.4. The number of rotatable bonds is 8. The molecule has 1 amide bonds. The van der Waals surface area contributed by atoms with E-state index in [1.165, 1.54) is 0 Å². The fraction of sp³-hybridized carbons (Fsp3) is 0.765. The van der Waals surface area contributed by atoms with Crippen molar-refractivity contribution in [3.63, 3.8) is 0 Å². The maximum Gasteiger partial charge on any atom is 0.317 e. The van der Waals surface area contributed by atoms with Gasteiger partial charge in [-0.3, -0.25) is 33.9 Å². The third kappa shape index (κ3) is 10.8. The van der Waals surface area contributed by atoms with Gasteiger partial charge < -0.3 is 21.1 Å². The third-order valence-corrected chi connectivity index (χ3v) is 4.73. The van der Waals surface area contributed by atoms with Crippen LogP contribution in [0.5, 0.6) is 0 Å². The number of primary amides is 1. The number of nitrogens with two attached hydrogens (primary N) is 1. The van der Waals surface area contributed by atoms with E-state index in [1.54, 1.807) is 9.80 Å². The Hall–Kier alpha value is -2.24. The van der Waals surface area contributed by atoms with Gasteiger partial charge in [0.05, 0.1) is 19.6 Å². The largest absolute Gasteiger partial charge is 0.481 e. The van der Waals surface area contributed by atoms with Crippen LogP contribution in [0.15, 0.2) is 0 Å². The van der Waals surface area contributed by atoms with Gasteiger partial charge >= 0.3 is 17.9 Å². The van der Waals surface area contributed by atoms with E-state index in [9.17, 15) is 19.2 Å². The number of nitrogens with zero attached hydrogens (tertiary/aromatic N) is 3. The van der Waals surface area contributed by atoms with E-state index in [-0.39, 0.29) is 32.0 Å². The van der Waals surface area contributed by atoms with Gasteiger partial charge in [0, 0.05) is 32.6 Å². The van der Waals surface area contributed by atoms with Crippen LogP contribution in [0.3, 0.4) is 0 Å². The Kier molecular flexibility index (Phi) is 10.4. The van der Waals surface area contributed by atoms with Crippen LogP contribution in [0.1, 0.15) is 19.3 Å². The molecule has 5 N–H and O–H groups in total. The minimum absolute atomic E-state index is 0.0197. The monoisotopic (exact) mass is 402 g/mol. The van der Waals surface area contributed by atoms with E-state index in [2.05, 4.69) is 0 Å². The molecule has 28 heavy (non-hydrogen) atoms. The zero-order valence-electron chi connectivity index (χ0n) is 16.0. The van der Waals surface area contributed by atoms with Crippen LogP contribution in [-0.2, 0) is 19.2 Å². The Morgan fingerprint density at radius 1 is 0.679 bits per heavy atom. The Morgan fingerprint density at radius 3 is 1.43 bits per heavy atom. The quantitative estimate of drug-likeness (QED) is 0.373. The minimum atomic E-state index is -0.987. The van der Waals surface area contributed by atoms with E-state index in [0.29, 0.717) is 52.1 Å². The van der Waals surface area contributed by atoms with Crippen LogP contribution in [0.2, 0.25) is 0 Å². The number of carboxylic acid groups (broad SMARTS) is 3. The van der Waals surface area contributed by atoms with Crippen LogP contribution in [0.25, 0.3) is 0 Å². The van der Waals surface area contributed by atoms with E-state index >= 15 is 0 Å². The lowest BCUT2D eigenvalue weighted by molar-refractivity contribution is -0.140. The van der Waals surface area contributed by atoms with Crippen molar-refractivity contribution in [1.29, 1.82) is 0 Å². The minimum Gasteiger partial charge on any atom is -0.481 e. The van der Waals surface area contributed by atoms with Crippen molar-refractivity contribution in [2.45, 2.75) is 19.3 Å². The molecule has 11 nitrogen and oxygen atoms in total. The standard InChI is InChI=1S/C17H30N4O7/c18-14(22)10-19-3-1-13(9-15(23)24)2-4-20(11-16(25)26)6-8-21(7-5-19)12-17(27)28/h13H,1-12H2,(H2,18,22)(H,23,24)(H,25,26)(H,27,28). The number of carbonyl (C=O) groups is 4. The van der Waals surface area contributed by atoms with Gasteiger partial charge in [0.2, 0.25) is 5.91 Å². The Morgan fingerprint density at radius 2 is 1.07 bits per heavy atom. The number of aliphatic carboxylic acids is 3. The molecule has 1 heterocycles. The molecule has 1 rings (SSSR count). The molecule has 1 aliphatic heterocycles. The first-order valence-electron chi connectivity index (χ1n) is 9.26. The summed E-state index contributed by atoms with van der Waals surface area (Å²) in [7, 11) is 0. The molecule has 0 aromatic rings. The molecule has 0 aromatic heterocycles. The summed E-state index contributed by atoms with van der Waals surface area (Å²) in [4.78, 5) is 49.9. The van der Waals surface area contributed by atoms with Crippen molar-refractivity contribution in [2.75, 3.05) is 58.9 Å². The summed E-state index contributed by atoms with van der Waals surface area (Å²) >= 11 is 0. The molecule has 0 saturated carbocycles. The van der Waals surface area contributed by atoms with Gasteiger partial charge in [-0.15, -0.1) is 0 Å². The van der Waals surface area contributed by atoms with Crippen molar-refractivity contribution >= 4 is 23.8 Å². The first-order valence-corrected chi connectivity index (χ1v) is 9.26. The molecule has 0 aliphatic carbocycles. The van der Waals surface area contributed by atoms with Gasteiger partial charge in [0.1, 0.15) is 0 Å². The second kappa shape index (κ2) is 12.3. The zero-order chi connectivity index (χ0) is 21.1. The first kappa shape index (κ1) is 23.8. The maximum absolute atomic E-state index is 11.3. The highest BCUT2D eigenvalue weighted by atomic mass is 16.4. The van der Waals surface area contributed by atoms with Crippen molar-refractivity contribution in [3.8, 4) is 0 Å². The number of hydrogen-bond donors (Lipinski definition) is 4. The maximum atomic E-state index is 11.3. The molecule has 0 spiro atoms. The number of amides is 1. The topological polar surface area (TPSA) is 165 Å². The van der Waals surface area contributed by atoms with Gasteiger partial charge in [0.25, 0.3) is 0 Å². The van der Waals surface area contributed by atoms with Gasteiger partial charge in [-0.05, 0) is 31.8 Å². The smallest absolute Gasteiger partial charge is 0.317 e. The predicted molar refractivity (Wildman–Crippen MR) is 98.8 cm³/mol. The first-order chi connectivity index (χ1) is 13.2. The Balaban J connectivity index is 2.90. The fourth-order valence-corrected chi connectivity index (χ4v) is 3.30. The van der Waals surface area contributed by atoms with E-state index in [4.69, 9.17) is 21.1 Å². The van der Waals surface area contributed by atoms with Gasteiger partial charge in [-0.25, -0.2) is 0 Å². The summed E-state index contributed by atoms with van der Waals surface area (Å²) in [5.74, 6) is -3.55. The molecule has 0 radical (unpaired) electrons. The lowest BCUT2D eigenvalue weighted by Gasteiger charge is -2.31. The molecular weight excluding hydrogens is 372 g/mol. The molecule has 1 atom stereocenters. The second-order valence-electron chi connectivity index (χ2n) is 7.12. The highest BCUT2D eigenvalue weighted by molar-refractivity contribution is 5.75. The lowest BCUT2D eigenvalue weighted by Crippen LogP contribution is -2.45. The fourth-order valence-electron chi connectivity index (χ4n) is 3.30. The highest BCUT2D eigenvalue weighted by Gasteiger charge is 2.21. The van der Waals surface area contributed by atoms with Crippen molar-refractivity contribution in [3.05, 3.63) is 0 Å². The average Bonchev–Trinajstić information content (AvgIpc) is 2.55. The molecular formula is C17H30N4O7. The molecule has 160 valence electrons. The van der Waals surface area contributed by atoms with Crippen molar-refractivity contribution in [1.82, 2.24) is 14.7 Å². The average molecular weight is 402 g/mol. The van der Waals surface area contributed by atoms with Crippen molar-refractivity contribution < 1.29 is 34.5 Å².